The van der Waals surface area contributed by atoms with E-state index in [1.165, 1.54) is 24.3 Å². The number of hydrazine groups is 1. The Balaban J connectivity index is 1.88. The number of benzene rings is 2. The number of rotatable bonds is 7. The third-order valence-electron chi connectivity index (χ3n) is 4.29. The second-order valence-electron chi connectivity index (χ2n) is 6.47. The van der Waals surface area contributed by atoms with Crippen LogP contribution in [0.5, 0.6) is 0 Å². The summed E-state index contributed by atoms with van der Waals surface area (Å²) < 4.78 is 0. The predicted molar refractivity (Wildman–Crippen MR) is 112 cm³/mol. The normalized spacial score (nSPS) is 10.3. The Labute approximate surface area is 175 Å². The molecular weight excluding hydrogens is 406 g/mol. The van der Waals surface area contributed by atoms with E-state index in [4.69, 9.17) is 0 Å². The van der Waals surface area contributed by atoms with Crippen molar-refractivity contribution in [2.45, 2.75) is 13.8 Å². The van der Waals surface area contributed by atoms with Crippen LogP contribution in [0.15, 0.2) is 48.8 Å². The van der Waals surface area contributed by atoms with E-state index in [0.29, 0.717) is 5.69 Å². The molecule has 0 aliphatic rings. The summed E-state index contributed by atoms with van der Waals surface area (Å²) >= 11 is 0. The van der Waals surface area contributed by atoms with Gasteiger partial charge in [-0.25, -0.2) is 9.97 Å². The van der Waals surface area contributed by atoms with Gasteiger partial charge in [0.25, 0.3) is 11.6 Å². The minimum absolute atomic E-state index is 0.0869. The Kier molecular flexibility index (Phi) is 6.00. The lowest BCUT2D eigenvalue weighted by Gasteiger charge is -2.12. The Morgan fingerprint density at radius 2 is 1.68 bits per heavy atom. The zero-order valence-electron chi connectivity index (χ0n) is 16.4. The molecular formula is C19H17N7O5. The van der Waals surface area contributed by atoms with E-state index in [-0.39, 0.29) is 17.2 Å². The lowest BCUT2D eigenvalue weighted by Crippen LogP contribution is -2.30. The predicted octanol–water partition coefficient (Wildman–Crippen LogP) is 3.41. The summed E-state index contributed by atoms with van der Waals surface area (Å²) in [6, 6.07) is 10.9. The number of aryl methyl sites for hydroxylation is 2. The zero-order valence-corrected chi connectivity index (χ0v) is 16.4. The van der Waals surface area contributed by atoms with Crippen molar-refractivity contribution in [2.75, 3.05) is 10.7 Å². The molecule has 3 aromatic rings. The highest BCUT2D eigenvalue weighted by molar-refractivity contribution is 5.98. The van der Waals surface area contributed by atoms with Crippen LogP contribution in [-0.2, 0) is 0 Å². The molecule has 0 bridgehead atoms. The van der Waals surface area contributed by atoms with E-state index in [2.05, 4.69) is 26.1 Å². The SMILES string of the molecule is Cc1ccc(C)c(Nc2ncnc(NNC(=O)c3ccccc3[N+](=O)[O-])c2[N+](=O)[O-])c1. The van der Waals surface area contributed by atoms with Crippen molar-refractivity contribution in [1.82, 2.24) is 15.4 Å². The van der Waals surface area contributed by atoms with Crippen molar-refractivity contribution in [3.05, 3.63) is 85.7 Å². The Morgan fingerprint density at radius 3 is 2.39 bits per heavy atom. The van der Waals surface area contributed by atoms with Gasteiger partial charge in [-0.05, 0) is 37.1 Å². The lowest BCUT2D eigenvalue weighted by molar-refractivity contribution is -0.385. The van der Waals surface area contributed by atoms with E-state index in [1.54, 1.807) is 0 Å². The number of nitrogens with zero attached hydrogens (tertiary/aromatic N) is 4. The van der Waals surface area contributed by atoms with Crippen LogP contribution in [0, 0.1) is 34.1 Å². The summed E-state index contributed by atoms with van der Waals surface area (Å²) in [4.78, 5) is 41.5. The minimum atomic E-state index is -0.857. The maximum Gasteiger partial charge on any atom is 0.355 e. The summed E-state index contributed by atoms with van der Waals surface area (Å²) in [7, 11) is 0. The third kappa shape index (κ3) is 4.70. The first-order valence-electron chi connectivity index (χ1n) is 8.91. The van der Waals surface area contributed by atoms with Gasteiger partial charge >= 0.3 is 5.69 Å². The molecule has 0 fully saturated rings. The minimum Gasteiger partial charge on any atom is -0.334 e. The van der Waals surface area contributed by atoms with Crippen LogP contribution in [0.25, 0.3) is 0 Å². The van der Waals surface area contributed by atoms with Crippen molar-refractivity contribution < 1.29 is 14.6 Å². The first kappa shape index (κ1) is 21.1. The summed E-state index contributed by atoms with van der Waals surface area (Å²) in [5, 5.41) is 25.7. The quantitative estimate of drug-likeness (QED) is 0.381. The van der Waals surface area contributed by atoms with Gasteiger partial charge in [-0.15, -0.1) is 0 Å². The van der Waals surface area contributed by atoms with Crippen molar-refractivity contribution >= 4 is 34.6 Å². The molecule has 0 saturated heterocycles. The summed E-state index contributed by atoms with van der Waals surface area (Å²) in [6.45, 7) is 3.71. The van der Waals surface area contributed by atoms with Crippen molar-refractivity contribution in [3.8, 4) is 0 Å². The number of carbonyl (C=O) groups is 1. The van der Waals surface area contributed by atoms with E-state index in [9.17, 15) is 25.0 Å². The number of hydrogen-bond donors (Lipinski definition) is 3. The fourth-order valence-corrected chi connectivity index (χ4v) is 2.74. The van der Waals surface area contributed by atoms with Gasteiger partial charge in [-0.3, -0.25) is 35.9 Å². The first-order chi connectivity index (χ1) is 14.8. The highest BCUT2D eigenvalue weighted by Gasteiger charge is 2.25. The van der Waals surface area contributed by atoms with E-state index in [1.807, 2.05) is 32.0 Å². The van der Waals surface area contributed by atoms with Crippen LogP contribution in [0.4, 0.5) is 28.7 Å². The molecule has 0 saturated carbocycles. The number of carbonyl (C=O) groups excluding carboxylic acids is 1. The standard InChI is InChI=1S/C19H17N7O5/c1-11-7-8-12(2)14(9-11)22-17-16(26(30)31)18(21-10-20-17)23-24-19(27)13-5-3-4-6-15(13)25(28)29/h3-10H,1-2H3,(H,24,27)(H2,20,21,22,23). The van der Waals surface area contributed by atoms with Gasteiger partial charge in [0.15, 0.2) is 0 Å². The van der Waals surface area contributed by atoms with E-state index >= 15 is 0 Å². The first-order valence-corrected chi connectivity index (χ1v) is 8.91. The topological polar surface area (TPSA) is 165 Å². The Morgan fingerprint density at radius 1 is 0.968 bits per heavy atom. The van der Waals surface area contributed by atoms with E-state index < -0.39 is 27.1 Å². The van der Waals surface area contributed by atoms with Crippen molar-refractivity contribution in [1.29, 1.82) is 0 Å². The smallest absolute Gasteiger partial charge is 0.334 e. The fourth-order valence-electron chi connectivity index (χ4n) is 2.74. The van der Waals surface area contributed by atoms with Gasteiger partial charge in [0.1, 0.15) is 11.9 Å². The molecule has 0 aliphatic heterocycles. The molecule has 12 nitrogen and oxygen atoms in total. The van der Waals surface area contributed by atoms with Crippen LogP contribution >= 0.6 is 0 Å². The molecule has 0 unspecified atom stereocenters. The van der Waals surface area contributed by atoms with Crippen LogP contribution in [0.1, 0.15) is 21.5 Å². The summed E-state index contributed by atoms with van der Waals surface area (Å²) in [5.74, 6) is -1.24. The van der Waals surface area contributed by atoms with Gasteiger partial charge in [-0.2, -0.15) is 0 Å². The molecule has 0 aliphatic carbocycles. The molecule has 158 valence electrons. The number of anilines is 3. The average Bonchev–Trinajstić information content (AvgIpc) is 2.74. The second kappa shape index (κ2) is 8.82. The molecule has 0 spiro atoms. The summed E-state index contributed by atoms with van der Waals surface area (Å²) in [5.41, 5.74) is 5.84. The van der Waals surface area contributed by atoms with Crippen LogP contribution in [0.2, 0.25) is 0 Å². The zero-order chi connectivity index (χ0) is 22.5. The highest BCUT2D eigenvalue weighted by atomic mass is 16.6. The molecule has 0 radical (unpaired) electrons. The fraction of sp³-hybridized carbons (Fsp3) is 0.105. The molecule has 12 heteroatoms. The molecule has 31 heavy (non-hydrogen) atoms. The number of nitro groups is 2. The summed E-state index contributed by atoms with van der Waals surface area (Å²) in [6.07, 6.45) is 1.08. The number of amides is 1. The van der Waals surface area contributed by atoms with Crippen molar-refractivity contribution in [3.63, 3.8) is 0 Å². The second-order valence-corrected chi connectivity index (χ2v) is 6.47. The average molecular weight is 423 g/mol. The van der Waals surface area contributed by atoms with Gasteiger partial charge in [0, 0.05) is 11.8 Å². The Bertz CT molecular complexity index is 1180. The van der Waals surface area contributed by atoms with Gasteiger partial charge in [0.2, 0.25) is 11.6 Å². The third-order valence-corrected chi connectivity index (χ3v) is 4.29. The highest BCUT2D eigenvalue weighted by Crippen LogP contribution is 2.32. The maximum absolute atomic E-state index is 12.4. The molecule has 0 atom stereocenters. The lowest BCUT2D eigenvalue weighted by atomic mass is 10.1. The number of aromatic nitrogens is 2. The number of para-hydroxylation sites is 1. The Hall–Kier alpha value is -4.61. The molecule has 1 amide bonds. The molecule has 2 aromatic carbocycles. The van der Waals surface area contributed by atoms with Gasteiger partial charge in [-0.1, -0.05) is 24.3 Å². The molecule has 1 aromatic heterocycles. The maximum atomic E-state index is 12.4. The number of nitrogens with one attached hydrogen (secondary N) is 3. The number of nitro benzene ring substituents is 1. The van der Waals surface area contributed by atoms with E-state index in [0.717, 1.165) is 17.5 Å². The molecule has 1 heterocycles. The molecule has 3 rings (SSSR count). The van der Waals surface area contributed by atoms with Gasteiger partial charge < -0.3 is 5.32 Å². The molecule has 3 N–H and O–H groups in total. The van der Waals surface area contributed by atoms with Crippen LogP contribution in [0.3, 0.4) is 0 Å². The van der Waals surface area contributed by atoms with Gasteiger partial charge in [0.05, 0.1) is 9.85 Å². The van der Waals surface area contributed by atoms with Crippen LogP contribution in [-0.4, -0.2) is 25.7 Å². The largest absolute Gasteiger partial charge is 0.355 e. The van der Waals surface area contributed by atoms with Crippen LogP contribution < -0.4 is 16.2 Å². The number of hydrogen-bond acceptors (Lipinski definition) is 9. The monoisotopic (exact) mass is 423 g/mol. The van der Waals surface area contributed by atoms with Crippen molar-refractivity contribution in [2.24, 2.45) is 0 Å².